The number of carbonyl (C=O) groups is 1. The van der Waals surface area contributed by atoms with Gasteiger partial charge < -0.3 is 5.11 Å². The van der Waals surface area contributed by atoms with Crippen molar-refractivity contribution in [1.29, 1.82) is 5.26 Å². The second-order valence-electron chi connectivity index (χ2n) is 4.48. The van der Waals surface area contributed by atoms with Crippen LogP contribution in [0.1, 0.15) is 17.5 Å². The van der Waals surface area contributed by atoms with Crippen molar-refractivity contribution in [2.45, 2.75) is 13.0 Å². The Morgan fingerprint density at radius 2 is 2.39 bits per heavy atom. The molecular weight excluding hydrogens is 235 g/mol. The van der Waals surface area contributed by atoms with E-state index in [4.69, 9.17) is 10.4 Å². The van der Waals surface area contributed by atoms with Crippen LogP contribution in [0.15, 0.2) is 18.2 Å². The molecule has 1 atom stereocenters. The quantitative estimate of drug-likeness (QED) is 0.882. The van der Waals surface area contributed by atoms with Gasteiger partial charge in [-0.1, -0.05) is 0 Å². The molecular formula is C13H13FN2O2. The second-order valence-corrected chi connectivity index (χ2v) is 4.48. The molecule has 1 fully saturated rings. The van der Waals surface area contributed by atoms with Gasteiger partial charge in [-0.3, -0.25) is 9.69 Å². The topological polar surface area (TPSA) is 64.3 Å². The normalized spacial score (nSPS) is 19.7. The number of nitriles is 1. The summed E-state index contributed by atoms with van der Waals surface area (Å²) in [6, 6.07) is 6.19. The minimum absolute atomic E-state index is 0.352. The molecule has 0 spiro atoms. The van der Waals surface area contributed by atoms with E-state index in [9.17, 15) is 9.18 Å². The van der Waals surface area contributed by atoms with Gasteiger partial charge in [0.05, 0.1) is 17.6 Å². The number of rotatable bonds is 3. The maximum absolute atomic E-state index is 13.6. The molecule has 0 radical (unpaired) electrons. The molecule has 5 heteroatoms. The van der Waals surface area contributed by atoms with E-state index in [0.29, 0.717) is 37.2 Å². The lowest BCUT2D eigenvalue weighted by atomic mass is 10.1. The molecule has 2 rings (SSSR count). The highest BCUT2D eigenvalue weighted by Crippen LogP contribution is 2.20. The number of hydrogen-bond acceptors (Lipinski definition) is 3. The number of carboxylic acid groups (broad SMARTS) is 1. The summed E-state index contributed by atoms with van der Waals surface area (Å²) >= 11 is 0. The molecule has 1 aromatic carbocycles. The summed E-state index contributed by atoms with van der Waals surface area (Å²) in [5.74, 6) is -1.52. The number of benzene rings is 1. The second kappa shape index (κ2) is 5.15. The Bertz CT molecular complexity index is 510. The van der Waals surface area contributed by atoms with Gasteiger partial charge in [-0.15, -0.1) is 0 Å². The van der Waals surface area contributed by atoms with Crippen LogP contribution in [-0.4, -0.2) is 29.1 Å². The minimum atomic E-state index is -0.802. The molecule has 0 aliphatic carbocycles. The third-order valence-electron chi connectivity index (χ3n) is 3.19. The van der Waals surface area contributed by atoms with Gasteiger partial charge in [0.25, 0.3) is 0 Å². The van der Waals surface area contributed by atoms with Gasteiger partial charge in [-0.25, -0.2) is 4.39 Å². The molecule has 18 heavy (non-hydrogen) atoms. The van der Waals surface area contributed by atoms with Crippen LogP contribution in [0.5, 0.6) is 0 Å². The molecule has 1 N–H and O–H groups in total. The fraction of sp³-hybridized carbons (Fsp3) is 0.385. The molecule has 0 bridgehead atoms. The SMILES string of the molecule is N#Cc1ccc(F)c(CN2CCC(C(=O)O)C2)c1. The van der Waals surface area contributed by atoms with Gasteiger partial charge in [-0.05, 0) is 31.2 Å². The van der Waals surface area contributed by atoms with Crippen LogP contribution < -0.4 is 0 Å². The van der Waals surface area contributed by atoms with Crippen molar-refractivity contribution in [3.8, 4) is 6.07 Å². The lowest BCUT2D eigenvalue weighted by molar-refractivity contribution is -0.141. The highest BCUT2D eigenvalue weighted by atomic mass is 19.1. The van der Waals surface area contributed by atoms with Crippen LogP contribution >= 0.6 is 0 Å². The standard InChI is InChI=1S/C13H13FN2O2/c14-12-2-1-9(6-15)5-11(12)8-16-4-3-10(7-16)13(17)18/h1-2,5,10H,3-4,7-8H2,(H,17,18). The first-order valence-electron chi connectivity index (χ1n) is 5.74. The summed E-state index contributed by atoms with van der Waals surface area (Å²) in [7, 11) is 0. The molecule has 1 heterocycles. The predicted octanol–water partition coefficient (Wildman–Crippen LogP) is 1.60. The van der Waals surface area contributed by atoms with Crippen LogP contribution in [0.2, 0.25) is 0 Å². The molecule has 0 amide bonds. The lowest BCUT2D eigenvalue weighted by Gasteiger charge is -2.15. The Kier molecular flexibility index (Phi) is 3.58. The molecule has 1 aliphatic rings. The first-order valence-corrected chi connectivity index (χ1v) is 5.74. The van der Waals surface area contributed by atoms with Crippen molar-refractivity contribution in [3.05, 3.63) is 35.1 Å². The van der Waals surface area contributed by atoms with Crippen molar-refractivity contribution in [3.63, 3.8) is 0 Å². The maximum atomic E-state index is 13.6. The molecule has 94 valence electrons. The minimum Gasteiger partial charge on any atom is -0.481 e. The lowest BCUT2D eigenvalue weighted by Crippen LogP contribution is -2.23. The van der Waals surface area contributed by atoms with Crippen molar-refractivity contribution < 1.29 is 14.3 Å². The van der Waals surface area contributed by atoms with Gasteiger partial charge in [-0.2, -0.15) is 5.26 Å². The molecule has 1 unspecified atom stereocenters. The van der Waals surface area contributed by atoms with E-state index < -0.39 is 5.97 Å². The van der Waals surface area contributed by atoms with E-state index >= 15 is 0 Å². The number of likely N-dealkylation sites (tertiary alicyclic amines) is 1. The third-order valence-corrected chi connectivity index (χ3v) is 3.19. The first-order chi connectivity index (χ1) is 8.60. The Morgan fingerprint density at radius 1 is 1.61 bits per heavy atom. The van der Waals surface area contributed by atoms with Gasteiger partial charge >= 0.3 is 5.97 Å². The average Bonchev–Trinajstić information content (AvgIpc) is 2.81. The fourth-order valence-corrected chi connectivity index (χ4v) is 2.18. The van der Waals surface area contributed by atoms with E-state index in [-0.39, 0.29) is 11.7 Å². The summed E-state index contributed by atoms with van der Waals surface area (Å²) in [4.78, 5) is 12.7. The zero-order valence-corrected chi connectivity index (χ0v) is 9.77. The van der Waals surface area contributed by atoms with Gasteiger partial charge in [0.15, 0.2) is 0 Å². The molecule has 4 nitrogen and oxygen atoms in total. The summed E-state index contributed by atoms with van der Waals surface area (Å²) in [6.07, 6.45) is 0.592. The first kappa shape index (κ1) is 12.5. The Balaban J connectivity index is 2.07. The number of carboxylic acids is 1. The largest absolute Gasteiger partial charge is 0.481 e. The monoisotopic (exact) mass is 248 g/mol. The van der Waals surface area contributed by atoms with E-state index in [1.165, 1.54) is 18.2 Å². The summed E-state index contributed by atoms with van der Waals surface area (Å²) < 4.78 is 13.6. The van der Waals surface area contributed by atoms with E-state index in [1.807, 2.05) is 11.0 Å². The smallest absolute Gasteiger partial charge is 0.307 e. The summed E-state index contributed by atoms with van der Waals surface area (Å²) in [5, 5.41) is 17.7. The summed E-state index contributed by atoms with van der Waals surface area (Å²) in [5.41, 5.74) is 0.862. The molecule has 0 saturated carbocycles. The van der Waals surface area contributed by atoms with Crippen molar-refractivity contribution in [2.75, 3.05) is 13.1 Å². The Morgan fingerprint density at radius 3 is 3.00 bits per heavy atom. The number of halogens is 1. The molecule has 0 aromatic heterocycles. The Labute approximate surface area is 104 Å². The maximum Gasteiger partial charge on any atom is 0.307 e. The van der Waals surface area contributed by atoms with Crippen molar-refractivity contribution >= 4 is 5.97 Å². The van der Waals surface area contributed by atoms with Crippen LogP contribution in [0.3, 0.4) is 0 Å². The Hall–Kier alpha value is -1.93. The average molecular weight is 248 g/mol. The van der Waals surface area contributed by atoms with Crippen LogP contribution in [0.4, 0.5) is 4.39 Å². The van der Waals surface area contributed by atoms with Crippen LogP contribution in [0, 0.1) is 23.1 Å². The molecule has 1 aromatic rings. The van der Waals surface area contributed by atoms with Gasteiger partial charge in [0.1, 0.15) is 5.82 Å². The predicted molar refractivity (Wildman–Crippen MR) is 62.1 cm³/mol. The van der Waals surface area contributed by atoms with Gasteiger partial charge in [0.2, 0.25) is 0 Å². The fourth-order valence-electron chi connectivity index (χ4n) is 2.18. The van der Waals surface area contributed by atoms with Crippen molar-refractivity contribution in [2.24, 2.45) is 5.92 Å². The zero-order chi connectivity index (χ0) is 13.1. The molecule has 1 aliphatic heterocycles. The third kappa shape index (κ3) is 2.66. The van der Waals surface area contributed by atoms with E-state index in [1.54, 1.807) is 0 Å². The van der Waals surface area contributed by atoms with Crippen LogP contribution in [-0.2, 0) is 11.3 Å². The number of nitrogens with zero attached hydrogens (tertiary/aromatic N) is 2. The molecule has 1 saturated heterocycles. The van der Waals surface area contributed by atoms with E-state index in [2.05, 4.69) is 0 Å². The van der Waals surface area contributed by atoms with Gasteiger partial charge in [0, 0.05) is 18.7 Å². The highest BCUT2D eigenvalue weighted by Gasteiger charge is 2.28. The zero-order valence-electron chi connectivity index (χ0n) is 9.77. The number of aliphatic carboxylic acids is 1. The highest BCUT2D eigenvalue weighted by molar-refractivity contribution is 5.70. The van der Waals surface area contributed by atoms with Crippen molar-refractivity contribution in [1.82, 2.24) is 4.90 Å². The summed E-state index contributed by atoms with van der Waals surface area (Å²) in [6.45, 7) is 1.43. The van der Waals surface area contributed by atoms with Crippen LogP contribution in [0.25, 0.3) is 0 Å². The number of hydrogen-bond donors (Lipinski definition) is 1. The van der Waals surface area contributed by atoms with E-state index in [0.717, 1.165) is 0 Å².